The number of carbonyl (C=O) groups is 1. The van der Waals surface area contributed by atoms with Crippen LogP contribution >= 0.6 is 0 Å². The lowest BCUT2D eigenvalue weighted by atomic mass is 9.84. The molecule has 1 aliphatic carbocycles. The lowest BCUT2D eigenvalue weighted by molar-refractivity contribution is -0.136. The van der Waals surface area contributed by atoms with Gasteiger partial charge in [-0.05, 0) is 39.2 Å². The van der Waals surface area contributed by atoms with E-state index in [0.29, 0.717) is 5.91 Å². The van der Waals surface area contributed by atoms with Crippen molar-refractivity contribution < 1.29 is 4.79 Å². The Morgan fingerprint density at radius 3 is 2.21 bits per heavy atom. The molecule has 1 aromatic carbocycles. The molecule has 1 amide bonds. The van der Waals surface area contributed by atoms with Crippen molar-refractivity contribution in [2.24, 2.45) is 5.41 Å². The molecule has 0 aromatic heterocycles. The summed E-state index contributed by atoms with van der Waals surface area (Å²) in [7, 11) is 0. The Labute approximate surface area is 116 Å². The van der Waals surface area contributed by atoms with E-state index in [4.69, 9.17) is 0 Å². The molecule has 2 heteroatoms. The maximum Gasteiger partial charge on any atom is 0.229 e. The molecule has 0 spiro atoms. The van der Waals surface area contributed by atoms with Gasteiger partial charge in [-0.1, -0.05) is 37.3 Å². The van der Waals surface area contributed by atoms with Crippen LogP contribution in [0.3, 0.4) is 0 Å². The monoisotopic (exact) mass is 259 g/mol. The molecule has 2 nitrogen and oxygen atoms in total. The van der Waals surface area contributed by atoms with Crippen molar-refractivity contribution in [2.75, 3.05) is 13.1 Å². The second-order valence-corrected chi connectivity index (χ2v) is 5.79. The summed E-state index contributed by atoms with van der Waals surface area (Å²) in [6, 6.07) is 10.5. The molecule has 2 atom stereocenters. The van der Waals surface area contributed by atoms with Crippen LogP contribution in [0, 0.1) is 5.41 Å². The van der Waals surface area contributed by atoms with Crippen molar-refractivity contribution in [1.82, 2.24) is 4.90 Å². The molecule has 0 saturated heterocycles. The van der Waals surface area contributed by atoms with Crippen molar-refractivity contribution in [2.45, 2.75) is 46.0 Å². The number of hydrogen-bond acceptors (Lipinski definition) is 1. The first-order valence-corrected chi connectivity index (χ1v) is 7.40. The first kappa shape index (κ1) is 14.1. The van der Waals surface area contributed by atoms with Crippen LogP contribution in [0.4, 0.5) is 0 Å². The average Bonchev–Trinajstić information content (AvgIpc) is 3.09. The van der Waals surface area contributed by atoms with Crippen LogP contribution in [0.5, 0.6) is 0 Å². The highest BCUT2D eigenvalue weighted by molar-refractivity contribution is 5.88. The molecule has 0 heterocycles. The van der Waals surface area contributed by atoms with Gasteiger partial charge in [0.05, 0.1) is 5.41 Å². The van der Waals surface area contributed by atoms with Gasteiger partial charge in [0.15, 0.2) is 0 Å². The molecule has 2 rings (SSSR count). The van der Waals surface area contributed by atoms with Crippen LogP contribution < -0.4 is 0 Å². The number of amides is 1. The Bertz CT molecular complexity index is 452. The molecular formula is C17H25NO. The second kappa shape index (κ2) is 4.99. The lowest BCUT2D eigenvalue weighted by Gasteiger charge is -2.27. The molecule has 0 bridgehead atoms. The standard InChI is InChI=1S/C17H25NO/c1-5-17(14-11-9-8-10-12-14)13-16(17,4)15(19)18(6-2)7-3/h8-12H,5-7,13H2,1-4H3/t16-,17-/m0/s1. The van der Waals surface area contributed by atoms with Gasteiger partial charge in [0.25, 0.3) is 0 Å². The minimum absolute atomic E-state index is 0.0495. The molecule has 0 N–H and O–H groups in total. The van der Waals surface area contributed by atoms with E-state index >= 15 is 0 Å². The maximum atomic E-state index is 12.8. The van der Waals surface area contributed by atoms with Gasteiger partial charge in [-0.2, -0.15) is 0 Å². The van der Waals surface area contributed by atoms with Gasteiger partial charge in [0.1, 0.15) is 0 Å². The van der Waals surface area contributed by atoms with E-state index < -0.39 is 0 Å². The van der Waals surface area contributed by atoms with Gasteiger partial charge in [-0.15, -0.1) is 0 Å². The Hall–Kier alpha value is -1.31. The second-order valence-electron chi connectivity index (χ2n) is 5.79. The van der Waals surface area contributed by atoms with Gasteiger partial charge < -0.3 is 4.90 Å². The van der Waals surface area contributed by atoms with E-state index in [1.54, 1.807) is 0 Å². The summed E-state index contributed by atoms with van der Waals surface area (Å²) in [6.45, 7) is 10.1. The summed E-state index contributed by atoms with van der Waals surface area (Å²) in [4.78, 5) is 14.7. The first-order chi connectivity index (χ1) is 9.05. The summed E-state index contributed by atoms with van der Waals surface area (Å²) >= 11 is 0. The van der Waals surface area contributed by atoms with E-state index in [0.717, 1.165) is 25.9 Å². The zero-order valence-corrected chi connectivity index (χ0v) is 12.6. The fourth-order valence-electron chi connectivity index (χ4n) is 3.60. The van der Waals surface area contributed by atoms with E-state index in [2.05, 4.69) is 52.0 Å². The van der Waals surface area contributed by atoms with E-state index in [9.17, 15) is 4.79 Å². The molecule has 104 valence electrons. The van der Waals surface area contributed by atoms with Gasteiger partial charge in [-0.3, -0.25) is 4.79 Å². The van der Waals surface area contributed by atoms with E-state index in [1.807, 2.05) is 11.0 Å². The van der Waals surface area contributed by atoms with Crippen LogP contribution in [-0.2, 0) is 10.2 Å². The third-order valence-electron chi connectivity index (χ3n) is 5.04. The zero-order valence-electron chi connectivity index (χ0n) is 12.6. The quantitative estimate of drug-likeness (QED) is 0.791. The van der Waals surface area contributed by atoms with Crippen molar-refractivity contribution in [3.05, 3.63) is 35.9 Å². The molecule has 0 aliphatic heterocycles. The zero-order chi connectivity index (χ0) is 14.1. The normalized spacial score (nSPS) is 29.1. The SMILES string of the molecule is CCN(CC)C(=O)[C@]1(C)C[C@@]1(CC)c1ccccc1. The maximum absolute atomic E-state index is 12.8. The Morgan fingerprint density at radius 1 is 1.16 bits per heavy atom. The fraction of sp³-hybridized carbons (Fsp3) is 0.588. The van der Waals surface area contributed by atoms with Gasteiger partial charge in [-0.25, -0.2) is 0 Å². The summed E-state index contributed by atoms with van der Waals surface area (Å²) in [5.74, 6) is 0.322. The van der Waals surface area contributed by atoms with Crippen LogP contribution in [0.1, 0.15) is 46.1 Å². The number of carbonyl (C=O) groups excluding carboxylic acids is 1. The molecule has 1 fully saturated rings. The van der Waals surface area contributed by atoms with E-state index in [-0.39, 0.29) is 10.8 Å². The highest BCUT2D eigenvalue weighted by Gasteiger charge is 2.68. The third-order valence-corrected chi connectivity index (χ3v) is 5.04. The van der Waals surface area contributed by atoms with Crippen LogP contribution in [0.25, 0.3) is 0 Å². The Kier molecular flexibility index (Phi) is 3.71. The minimum Gasteiger partial charge on any atom is -0.343 e. The van der Waals surface area contributed by atoms with Crippen molar-refractivity contribution >= 4 is 5.91 Å². The molecule has 0 radical (unpaired) electrons. The van der Waals surface area contributed by atoms with E-state index in [1.165, 1.54) is 5.56 Å². The third kappa shape index (κ3) is 1.98. The molecule has 1 saturated carbocycles. The number of hydrogen-bond donors (Lipinski definition) is 0. The number of benzene rings is 1. The van der Waals surface area contributed by atoms with Crippen LogP contribution in [0.2, 0.25) is 0 Å². The Balaban J connectivity index is 2.31. The first-order valence-electron chi connectivity index (χ1n) is 7.40. The summed E-state index contributed by atoms with van der Waals surface area (Å²) < 4.78 is 0. The number of nitrogens with zero attached hydrogens (tertiary/aromatic N) is 1. The highest BCUT2D eigenvalue weighted by Crippen LogP contribution is 2.67. The smallest absolute Gasteiger partial charge is 0.229 e. The van der Waals surface area contributed by atoms with Gasteiger partial charge >= 0.3 is 0 Å². The number of rotatable bonds is 5. The molecule has 0 unspecified atom stereocenters. The van der Waals surface area contributed by atoms with Crippen LogP contribution in [0.15, 0.2) is 30.3 Å². The topological polar surface area (TPSA) is 20.3 Å². The van der Waals surface area contributed by atoms with Gasteiger partial charge in [0, 0.05) is 18.5 Å². The lowest BCUT2D eigenvalue weighted by Crippen LogP contribution is -2.39. The van der Waals surface area contributed by atoms with Crippen molar-refractivity contribution in [3.8, 4) is 0 Å². The summed E-state index contributed by atoms with van der Waals surface area (Å²) in [5, 5.41) is 0. The fourth-order valence-corrected chi connectivity index (χ4v) is 3.60. The predicted octanol–water partition coefficient (Wildman–Crippen LogP) is 3.61. The van der Waals surface area contributed by atoms with Crippen molar-refractivity contribution in [3.63, 3.8) is 0 Å². The molecular weight excluding hydrogens is 234 g/mol. The summed E-state index contributed by atoms with van der Waals surface area (Å²) in [5.41, 5.74) is 1.16. The molecule has 1 aromatic rings. The van der Waals surface area contributed by atoms with Gasteiger partial charge in [0.2, 0.25) is 5.91 Å². The Morgan fingerprint density at radius 2 is 1.74 bits per heavy atom. The molecule has 19 heavy (non-hydrogen) atoms. The predicted molar refractivity (Wildman–Crippen MR) is 79.1 cm³/mol. The highest BCUT2D eigenvalue weighted by atomic mass is 16.2. The summed E-state index contributed by atoms with van der Waals surface area (Å²) in [6.07, 6.45) is 2.01. The largest absolute Gasteiger partial charge is 0.343 e. The van der Waals surface area contributed by atoms with Crippen molar-refractivity contribution in [1.29, 1.82) is 0 Å². The van der Waals surface area contributed by atoms with Crippen LogP contribution in [-0.4, -0.2) is 23.9 Å². The average molecular weight is 259 g/mol. The molecule has 1 aliphatic rings. The minimum atomic E-state index is -0.213.